The molecule has 2 saturated carbocycles. The number of carbonyl (C=O) groups is 2. The van der Waals surface area contributed by atoms with E-state index in [1.165, 1.54) is 12.1 Å². The second-order valence-corrected chi connectivity index (χ2v) is 7.42. The number of rotatable bonds is 2. The Kier molecular flexibility index (Phi) is 2.50. The molecule has 5 aliphatic rings. The van der Waals surface area contributed by atoms with Crippen LogP contribution in [0.15, 0.2) is 30.4 Å². The van der Waals surface area contributed by atoms with Crippen LogP contribution in [0.5, 0.6) is 0 Å². The van der Waals surface area contributed by atoms with Gasteiger partial charge in [-0.25, -0.2) is 4.90 Å². The molecular formula is C18H16N2O4. The lowest BCUT2D eigenvalue weighted by Crippen LogP contribution is -2.40. The number of amides is 2. The van der Waals surface area contributed by atoms with E-state index in [0.29, 0.717) is 11.8 Å². The number of nitro benzene ring substituents is 1. The highest BCUT2D eigenvalue weighted by Gasteiger charge is 2.67. The SMILES string of the molecule is Cc1ccc(N2C(=O)[C@@H]3[C@@H]4C=C[C@H]([C@@H]5C[C@H]45)[C@@H]3C2=O)c([N+](=O)[O-])c1. The number of anilines is 1. The van der Waals surface area contributed by atoms with Crippen LogP contribution in [0, 0.1) is 52.5 Å². The van der Waals surface area contributed by atoms with Crippen LogP contribution in [-0.2, 0) is 9.59 Å². The first-order chi connectivity index (χ1) is 11.5. The van der Waals surface area contributed by atoms with Crippen molar-refractivity contribution in [2.75, 3.05) is 4.90 Å². The molecule has 1 heterocycles. The molecule has 6 atom stereocenters. The summed E-state index contributed by atoms with van der Waals surface area (Å²) in [5, 5.41) is 11.4. The van der Waals surface area contributed by atoms with Crippen LogP contribution in [0.3, 0.4) is 0 Å². The Morgan fingerprint density at radius 1 is 1.08 bits per heavy atom. The number of allylic oxidation sites excluding steroid dienone is 2. The van der Waals surface area contributed by atoms with Crippen molar-refractivity contribution in [3.8, 4) is 0 Å². The molecule has 24 heavy (non-hydrogen) atoms. The van der Waals surface area contributed by atoms with Crippen molar-refractivity contribution in [3.63, 3.8) is 0 Å². The fourth-order valence-corrected chi connectivity index (χ4v) is 5.16. The van der Waals surface area contributed by atoms with Gasteiger partial charge in [0.05, 0.1) is 16.8 Å². The van der Waals surface area contributed by atoms with Crippen molar-refractivity contribution < 1.29 is 14.5 Å². The summed E-state index contributed by atoms with van der Waals surface area (Å²) in [5.74, 6) is 0.0847. The molecule has 4 aliphatic carbocycles. The number of carbonyl (C=O) groups excluding carboxylic acids is 2. The minimum Gasteiger partial charge on any atom is -0.274 e. The van der Waals surface area contributed by atoms with Crippen LogP contribution < -0.4 is 4.90 Å². The molecule has 1 aliphatic heterocycles. The quantitative estimate of drug-likeness (QED) is 0.362. The molecule has 6 nitrogen and oxygen atoms in total. The molecule has 1 aromatic carbocycles. The first-order valence-corrected chi connectivity index (χ1v) is 8.30. The largest absolute Gasteiger partial charge is 0.293 e. The molecule has 122 valence electrons. The van der Waals surface area contributed by atoms with E-state index in [2.05, 4.69) is 12.2 Å². The number of aryl methyl sites for hydroxylation is 1. The van der Waals surface area contributed by atoms with Gasteiger partial charge < -0.3 is 0 Å². The van der Waals surface area contributed by atoms with E-state index >= 15 is 0 Å². The van der Waals surface area contributed by atoms with E-state index in [1.54, 1.807) is 13.0 Å². The smallest absolute Gasteiger partial charge is 0.274 e. The van der Waals surface area contributed by atoms with E-state index < -0.39 is 4.92 Å². The average molecular weight is 324 g/mol. The maximum absolute atomic E-state index is 13.0. The lowest BCUT2D eigenvalue weighted by molar-refractivity contribution is -0.384. The summed E-state index contributed by atoms with van der Waals surface area (Å²) < 4.78 is 0. The van der Waals surface area contributed by atoms with Crippen molar-refractivity contribution in [1.82, 2.24) is 0 Å². The van der Waals surface area contributed by atoms with Gasteiger partial charge in [-0.1, -0.05) is 18.2 Å². The Morgan fingerprint density at radius 3 is 2.21 bits per heavy atom. The number of nitro groups is 1. The Labute approximate surface area is 138 Å². The van der Waals surface area contributed by atoms with E-state index in [1.807, 2.05) is 0 Å². The molecule has 0 unspecified atom stereocenters. The first-order valence-electron chi connectivity index (χ1n) is 8.30. The Bertz CT molecular complexity index is 809. The summed E-state index contributed by atoms with van der Waals surface area (Å²) in [7, 11) is 0. The van der Waals surface area contributed by atoms with Gasteiger partial charge in [-0.15, -0.1) is 0 Å². The van der Waals surface area contributed by atoms with Crippen molar-refractivity contribution in [2.24, 2.45) is 35.5 Å². The molecule has 0 radical (unpaired) electrons. The second-order valence-electron chi connectivity index (χ2n) is 7.42. The third-order valence-corrected chi connectivity index (χ3v) is 6.23. The average Bonchev–Trinajstić information content (AvgIpc) is 3.33. The first kappa shape index (κ1) is 13.9. The molecular weight excluding hydrogens is 308 g/mol. The predicted octanol–water partition coefficient (Wildman–Crippen LogP) is 2.46. The molecule has 1 aromatic rings. The third kappa shape index (κ3) is 1.56. The molecule has 6 rings (SSSR count). The fraction of sp³-hybridized carbons (Fsp3) is 0.444. The standard InChI is InChI=1S/C18H16N2O4/c1-8-2-5-13(14(6-8)20(23)24)19-17(21)15-9-3-4-10(12-7-11(9)12)16(15)18(19)22/h2-6,9-12,15-16H,7H2,1H3/t9-,10-,11-,12+,15-,16+/m1/s1. The van der Waals surface area contributed by atoms with Crippen LogP contribution in [0.25, 0.3) is 0 Å². The van der Waals surface area contributed by atoms with Crippen molar-refractivity contribution in [1.29, 1.82) is 0 Å². The van der Waals surface area contributed by atoms with Gasteiger partial charge in [0, 0.05) is 6.07 Å². The number of benzene rings is 1. The van der Waals surface area contributed by atoms with Gasteiger partial charge >= 0.3 is 0 Å². The van der Waals surface area contributed by atoms with E-state index in [0.717, 1.165) is 16.9 Å². The molecule has 6 heteroatoms. The zero-order valence-electron chi connectivity index (χ0n) is 13.1. The maximum Gasteiger partial charge on any atom is 0.293 e. The topological polar surface area (TPSA) is 80.5 Å². The maximum atomic E-state index is 13.0. The Morgan fingerprint density at radius 2 is 1.67 bits per heavy atom. The minimum atomic E-state index is -0.519. The van der Waals surface area contributed by atoms with Crippen LogP contribution >= 0.6 is 0 Å². The zero-order valence-corrected chi connectivity index (χ0v) is 13.1. The van der Waals surface area contributed by atoms with E-state index in [4.69, 9.17) is 0 Å². The number of hydrogen-bond donors (Lipinski definition) is 0. The second kappa shape index (κ2) is 4.32. The van der Waals surface area contributed by atoms with Gasteiger partial charge in [-0.3, -0.25) is 19.7 Å². The van der Waals surface area contributed by atoms with Crippen LogP contribution in [0.1, 0.15) is 12.0 Å². The summed E-state index contributed by atoms with van der Waals surface area (Å²) >= 11 is 0. The highest BCUT2D eigenvalue weighted by atomic mass is 16.6. The molecule has 2 bridgehead atoms. The number of nitrogens with zero attached hydrogens (tertiary/aromatic N) is 2. The van der Waals surface area contributed by atoms with Gasteiger partial charge in [0.2, 0.25) is 11.8 Å². The van der Waals surface area contributed by atoms with Gasteiger partial charge in [-0.05, 0) is 48.6 Å². The summed E-state index contributed by atoms with van der Waals surface area (Å²) in [6.45, 7) is 1.75. The van der Waals surface area contributed by atoms with Crippen LogP contribution in [-0.4, -0.2) is 16.7 Å². The fourth-order valence-electron chi connectivity index (χ4n) is 5.16. The molecule has 3 fully saturated rings. The van der Waals surface area contributed by atoms with Crippen molar-refractivity contribution in [2.45, 2.75) is 13.3 Å². The van der Waals surface area contributed by atoms with Crippen molar-refractivity contribution >= 4 is 23.2 Å². The summed E-state index contributed by atoms with van der Waals surface area (Å²) in [4.78, 5) is 38.0. The van der Waals surface area contributed by atoms with Crippen molar-refractivity contribution in [3.05, 3.63) is 46.0 Å². The third-order valence-electron chi connectivity index (χ3n) is 6.23. The highest BCUT2D eigenvalue weighted by Crippen LogP contribution is 2.65. The monoisotopic (exact) mass is 324 g/mol. The van der Waals surface area contributed by atoms with E-state index in [9.17, 15) is 19.7 Å². The molecule has 0 aromatic heterocycles. The Balaban J connectivity index is 1.61. The highest BCUT2D eigenvalue weighted by molar-refractivity contribution is 6.23. The van der Waals surface area contributed by atoms with Gasteiger partial charge in [0.15, 0.2) is 0 Å². The zero-order chi connectivity index (χ0) is 16.7. The lowest BCUT2D eigenvalue weighted by atomic mass is 9.63. The van der Waals surface area contributed by atoms with Crippen LogP contribution in [0.2, 0.25) is 0 Å². The summed E-state index contributed by atoms with van der Waals surface area (Å²) in [6, 6.07) is 4.65. The van der Waals surface area contributed by atoms with Gasteiger partial charge in [0.25, 0.3) is 5.69 Å². The van der Waals surface area contributed by atoms with E-state index in [-0.39, 0.29) is 46.9 Å². The molecule has 0 N–H and O–H groups in total. The summed E-state index contributed by atoms with van der Waals surface area (Å²) in [5.41, 5.74) is 0.661. The van der Waals surface area contributed by atoms with Crippen LogP contribution in [0.4, 0.5) is 11.4 Å². The molecule has 0 spiro atoms. The number of imide groups is 1. The predicted molar refractivity (Wildman–Crippen MR) is 85.0 cm³/mol. The molecule has 1 saturated heterocycles. The number of hydrogen-bond acceptors (Lipinski definition) is 4. The Hall–Kier alpha value is -2.50. The van der Waals surface area contributed by atoms with Gasteiger partial charge in [0.1, 0.15) is 5.69 Å². The minimum absolute atomic E-state index is 0.114. The normalized spacial score (nSPS) is 38.3. The lowest BCUT2D eigenvalue weighted by Gasteiger charge is -2.37. The molecule has 2 amide bonds. The van der Waals surface area contributed by atoms with Gasteiger partial charge in [-0.2, -0.15) is 0 Å². The summed E-state index contributed by atoms with van der Waals surface area (Å²) in [6.07, 6.45) is 5.29.